The van der Waals surface area contributed by atoms with Crippen molar-refractivity contribution in [1.29, 1.82) is 0 Å². The lowest BCUT2D eigenvalue weighted by atomic mass is 10.2. The molecule has 2 aromatic carbocycles. The average Bonchev–Trinajstić information content (AvgIpc) is 3.20. The summed E-state index contributed by atoms with van der Waals surface area (Å²) in [5, 5.41) is 5.45. The van der Waals surface area contributed by atoms with Crippen LogP contribution in [0, 0.1) is 5.82 Å². The van der Waals surface area contributed by atoms with Crippen LogP contribution in [0.15, 0.2) is 54.7 Å². The molecule has 9 nitrogen and oxygen atoms in total. The first-order chi connectivity index (χ1) is 19.0. The van der Waals surface area contributed by atoms with Crippen LogP contribution in [-0.4, -0.2) is 70.0 Å². The number of nitrogens with zero attached hydrogens (tertiary/aromatic N) is 5. The van der Waals surface area contributed by atoms with Gasteiger partial charge in [0.05, 0.1) is 28.8 Å². The highest BCUT2D eigenvalue weighted by Crippen LogP contribution is 2.33. The Morgan fingerprint density at radius 3 is 2.50 bits per heavy atom. The Labute approximate surface area is 227 Å². The molecular formula is C27H27F4N7O2. The first-order valence-corrected chi connectivity index (χ1v) is 12.5. The molecule has 5 rings (SSSR count). The van der Waals surface area contributed by atoms with Gasteiger partial charge in [-0.3, -0.25) is 9.69 Å². The number of rotatable bonds is 7. The van der Waals surface area contributed by atoms with Gasteiger partial charge in [0.25, 0.3) is 0 Å². The molecule has 0 aliphatic carbocycles. The lowest BCUT2D eigenvalue weighted by Gasteiger charge is -2.31. The van der Waals surface area contributed by atoms with Crippen molar-refractivity contribution in [1.82, 2.24) is 24.3 Å². The van der Waals surface area contributed by atoms with Crippen molar-refractivity contribution in [2.24, 2.45) is 7.05 Å². The second-order valence-corrected chi connectivity index (χ2v) is 9.57. The lowest BCUT2D eigenvalue weighted by Crippen LogP contribution is -2.47. The van der Waals surface area contributed by atoms with Gasteiger partial charge in [0.2, 0.25) is 11.9 Å². The van der Waals surface area contributed by atoms with Gasteiger partial charge >= 0.3 is 6.18 Å². The van der Waals surface area contributed by atoms with E-state index in [1.54, 1.807) is 41.9 Å². The third-order valence-corrected chi connectivity index (χ3v) is 6.59. The predicted molar refractivity (Wildman–Crippen MR) is 142 cm³/mol. The van der Waals surface area contributed by atoms with Crippen molar-refractivity contribution in [2.75, 3.05) is 50.4 Å². The number of hydrogen-bond acceptors (Lipinski definition) is 7. The van der Waals surface area contributed by atoms with E-state index in [1.165, 1.54) is 6.20 Å². The van der Waals surface area contributed by atoms with Gasteiger partial charge in [0.15, 0.2) is 0 Å². The zero-order valence-corrected chi connectivity index (χ0v) is 21.8. The van der Waals surface area contributed by atoms with Crippen LogP contribution in [0.2, 0.25) is 0 Å². The van der Waals surface area contributed by atoms with Gasteiger partial charge in [-0.25, -0.2) is 14.4 Å². The fourth-order valence-electron chi connectivity index (χ4n) is 4.34. The van der Waals surface area contributed by atoms with Crippen LogP contribution in [-0.2, 0) is 18.0 Å². The number of halogens is 4. The maximum absolute atomic E-state index is 14.3. The normalized spacial score (nSPS) is 14.8. The number of nitrogens with one attached hydrogen (secondary N) is 2. The Kier molecular flexibility index (Phi) is 7.59. The number of piperazine rings is 1. The number of hydrogen-bond donors (Lipinski definition) is 2. The summed E-state index contributed by atoms with van der Waals surface area (Å²) in [6.07, 6.45) is -3.09. The zero-order chi connectivity index (χ0) is 28.4. The first kappa shape index (κ1) is 27.3. The van der Waals surface area contributed by atoms with Crippen LogP contribution in [0.4, 0.5) is 35.0 Å². The van der Waals surface area contributed by atoms with E-state index >= 15 is 0 Å². The average molecular weight is 558 g/mol. The van der Waals surface area contributed by atoms with Crippen molar-refractivity contribution < 1.29 is 27.1 Å². The van der Waals surface area contributed by atoms with Gasteiger partial charge in [-0.2, -0.15) is 13.2 Å². The topological polar surface area (TPSA) is 87.5 Å². The minimum atomic E-state index is -4.61. The molecule has 40 heavy (non-hydrogen) atoms. The Morgan fingerprint density at radius 2 is 1.75 bits per heavy atom. The van der Waals surface area contributed by atoms with Crippen LogP contribution >= 0.6 is 0 Å². The van der Waals surface area contributed by atoms with Crippen molar-refractivity contribution in [3.63, 3.8) is 0 Å². The van der Waals surface area contributed by atoms with Crippen molar-refractivity contribution in [2.45, 2.75) is 6.18 Å². The van der Waals surface area contributed by atoms with Gasteiger partial charge in [-0.05, 0) is 43.4 Å². The lowest BCUT2D eigenvalue weighted by molar-refractivity contribution is -0.137. The molecule has 0 atom stereocenters. The minimum Gasteiger partial charge on any atom is -0.457 e. The summed E-state index contributed by atoms with van der Waals surface area (Å²) in [5.41, 5.74) is -0.194. The van der Waals surface area contributed by atoms with Crippen molar-refractivity contribution >= 4 is 34.4 Å². The van der Waals surface area contributed by atoms with Gasteiger partial charge < -0.3 is 24.8 Å². The van der Waals surface area contributed by atoms with Gasteiger partial charge in [-0.15, -0.1) is 0 Å². The van der Waals surface area contributed by atoms with Crippen LogP contribution < -0.4 is 15.4 Å². The Balaban J connectivity index is 1.28. The number of carbonyl (C=O) groups excluding carboxylic acids is 1. The highest BCUT2D eigenvalue weighted by Gasteiger charge is 2.31. The molecular weight excluding hydrogens is 530 g/mol. The van der Waals surface area contributed by atoms with Crippen LogP contribution in [0.5, 0.6) is 11.5 Å². The van der Waals surface area contributed by atoms with E-state index in [9.17, 15) is 22.4 Å². The van der Waals surface area contributed by atoms with E-state index in [4.69, 9.17) is 4.74 Å². The van der Waals surface area contributed by atoms with Crippen LogP contribution in [0.1, 0.15) is 5.56 Å². The number of alkyl halides is 3. The van der Waals surface area contributed by atoms with E-state index in [2.05, 4.69) is 37.4 Å². The molecule has 0 spiro atoms. The summed E-state index contributed by atoms with van der Waals surface area (Å²) < 4.78 is 61.1. The second-order valence-electron chi connectivity index (χ2n) is 9.57. The standard InChI is InChI=1S/C27H27F4N7O2/c1-36-9-11-38(12-10-36)16-25(39)35-24-15-19(7-8-32-24)40-18-4-6-23-22(14-18)34-26(37(23)2)33-21-13-17(27(29,30)31)3-5-20(21)28/h3-8,13-15H,9-12,16H2,1-2H3,(H,33,34)(H,32,35,39). The number of aryl methyl sites for hydroxylation is 1. The number of pyridine rings is 1. The Hall–Kier alpha value is -4.23. The SMILES string of the molecule is CN1CCN(CC(=O)Nc2cc(Oc3ccc4c(c3)nc(Nc3cc(C(F)(F)F)ccc3F)n4C)ccn2)CC1. The maximum Gasteiger partial charge on any atom is 0.416 e. The Morgan fingerprint density at radius 1 is 1.00 bits per heavy atom. The number of fused-ring (bicyclic) bond motifs is 1. The number of amides is 1. The molecule has 4 aromatic rings. The van der Waals surface area contributed by atoms with Gasteiger partial charge in [0, 0.05) is 51.6 Å². The van der Waals surface area contributed by atoms with Crippen molar-refractivity contribution in [3.05, 3.63) is 66.1 Å². The summed E-state index contributed by atoms with van der Waals surface area (Å²) in [6, 6.07) is 10.5. The molecule has 1 aliphatic heterocycles. The number of benzene rings is 2. The molecule has 2 N–H and O–H groups in total. The quantitative estimate of drug-likeness (QED) is 0.314. The number of likely N-dealkylation sites (N-methyl/N-ethyl adjacent to an activating group) is 1. The van der Waals surface area contributed by atoms with E-state index in [0.717, 1.165) is 32.2 Å². The molecule has 1 amide bonds. The molecule has 0 bridgehead atoms. The van der Waals surface area contributed by atoms with E-state index in [0.29, 0.717) is 40.5 Å². The van der Waals surface area contributed by atoms with Crippen LogP contribution in [0.25, 0.3) is 11.0 Å². The third kappa shape index (κ3) is 6.32. The van der Waals surface area contributed by atoms with E-state index < -0.39 is 17.6 Å². The number of ether oxygens (including phenoxy) is 1. The number of imidazole rings is 1. The predicted octanol–water partition coefficient (Wildman–Crippen LogP) is 4.85. The molecule has 210 valence electrons. The first-order valence-electron chi connectivity index (χ1n) is 12.5. The highest BCUT2D eigenvalue weighted by molar-refractivity contribution is 5.91. The number of aromatic nitrogens is 3. The summed E-state index contributed by atoms with van der Waals surface area (Å²) >= 11 is 0. The smallest absolute Gasteiger partial charge is 0.416 e. The molecule has 0 radical (unpaired) electrons. The summed E-state index contributed by atoms with van der Waals surface area (Å²) in [5.74, 6) is 0.368. The fourth-order valence-corrected chi connectivity index (χ4v) is 4.34. The van der Waals surface area contributed by atoms with Gasteiger partial charge in [-0.1, -0.05) is 0 Å². The number of anilines is 3. The van der Waals surface area contributed by atoms with Crippen molar-refractivity contribution in [3.8, 4) is 11.5 Å². The summed E-state index contributed by atoms with van der Waals surface area (Å²) in [7, 11) is 3.71. The van der Waals surface area contributed by atoms with Gasteiger partial charge in [0.1, 0.15) is 23.1 Å². The molecule has 0 saturated carbocycles. The maximum atomic E-state index is 14.3. The van der Waals surface area contributed by atoms with E-state index in [-0.39, 0.29) is 24.1 Å². The minimum absolute atomic E-state index is 0.152. The molecule has 2 aromatic heterocycles. The zero-order valence-electron chi connectivity index (χ0n) is 21.8. The molecule has 1 saturated heterocycles. The van der Waals surface area contributed by atoms with E-state index in [1.807, 2.05) is 0 Å². The summed E-state index contributed by atoms with van der Waals surface area (Å²) in [6.45, 7) is 3.74. The molecule has 3 heterocycles. The largest absolute Gasteiger partial charge is 0.457 e. The molecule has 13 heteroatoms. The molecule has 1 aliphatic rings. The number of carbonyl (C=O) groups is 1. The molecule has 1 fully saturated rings. The second kappa shape index (κ2) is 11.1. The Bertz CT molecular complexity index is 1530. The monoisotopic (exact) mass is 557 g/mol. The highest BCUT2D eigenvalue weighted by atomic mass is 19.4. The van der Waals surface area contributed by atoms with Crippen LogP contribution in [0.3, 0.4) is 0 Å². The summed E-state index contributed by atoms with van der Waals surface area (Å²) in [4.78, 5) is 25.4. The third-order valence-electron chi connectivity index (χ3n) is 6.59. The molecule has 0 unspecified atom stereocenters. The fraction of sp³-hybridized carbons (Fsp3) is 0.296.